The van der Waals surface area contributed by atoms with E-state index in [1.54, 1.807) is 14.2 Å². The van der Waals surface area contributed by atoms with E-state index < -0.39 is 0 Å². The molecule has 0 aromatic heterocycles. The normalized spacial score (nSPS) is 20.9. The van der Waals surface area contributed by atoms with Crippen molar-refractivity contribution in [3.8, 4) is 11.5 Å². The van der Waals surface area contributed by atoms with Crippen LogP contribution in [0.4, 0.5) is 5.69 Å². The van der Waals surface area contributed by atoms with Gasteiger partial charge in [-0.25, -0.2) is 0 Å². The monoisotopic (exact) mass is 376 g/mol. The maximum atomic E-state index is 6.20. The molecule has 0 atom stereocenters. The van der Waals surface area contributed by atoms with Crippen LogP contribution in [0.2, 0.25) is 0 Å². The van der Waals surface area contributed by atoms with E-state index in [0.29, 0.717) is 17.5 Å². The van der Waals surface area contributed by atoms with Crippen molar-refractivity contribution < 1.29 is 14.2 Å². The van der Waals surface area contributed by atoms with Crippen LogP contribution < -0.4 is 20.5 Å². The molecule has 0 bridgehead atoms. The first-order chi connectivity index (χ1) is 13.2. The van der Waals surface area contributed by atoms with Crippen molar-refractivity contribution in [1.29, 1.82) is 0 Å². The number of nitrogens with zero attached hydrogens (tertiary/aromatic N) is 2. The first kappa shape index (κ1) is 19.8. The average Bonchev–Trinajstić information content (AvgIpc) is 2.73. The number of anilines is 1. The van der Waals surface area contributed by atoms with Gasteiger partial charge in [0.15, 0.2) is 17.5 Å². The summed E-state index contributed by atoms with van der Waals surface area (Å²) in [6.45, 7) is 4.31. The summed E-state index contributed by atoms with van der Waals surface area (Å²) in [6, 6.07) is 5.62. The lowest BCUT2D eigenvalue weighted by molar-refractivity contribution is -0.0333. The summed E-state index contributed by atoms with van der Waals surface area (Å²) in [7, 11) is 3.24. The zero-order valence-corrected chi connectivity index (χ0v) is 16.5. The Kier molecular flexibility index (Phi) is 6.79. The molecule has 0 spiro atoms. The van der Waals surface area contributed by atoms with Gasteiger partial charge in [0.05, 0.1) is 34.0 Å². The largest absolute Gasteiger partial charge is 0.493 e. The van der Waals surface area contributed by atoms with Gasteiger partial charge in [-0.3, -0.25) is 9.89 Å². The number of morpholine rings is 1. The molecular formula is C20H32N4O3. The molecule has 1 saturated heterocycles. The lowest BCUT2D eigenvalue weighted by Crippen LogP contribution is -2.56. The molecule has 1 aliphatic heterocycles. The van der Waals surface area contributed by atoms with Gasteiger partial charge in [-0.15, -0.1) is 0 Å². The van der Waals surface area contributed by atoms with Crippen LogP contribution in [0, 0.1) is 0 Å². The van der Waals surface area contributed by atoms with Crippen LogP contribution in [0.3, 0.4) is 0 Å². The van der Waals surface area contributed by atoms with Gasteiger partial charge in [-0.2, -0.15) is 0 Å². The summed E-state index contributed by atoms with van der Waals surface area (Å²) >= 11 is 0. The lowest BCUT2D eigenvalue weighted by Gasteiger charge is -2.47. The number of hydrogen-bond acceptors (Lipinski definition) is 5. The molecule has 27 heavy (non-hydrogen) atoms. The second-order valence-corrected chi connectivity index (χ2v) is 7.28. The fourth-order valence-electron chi connectivity index (χ4n) is 4.16. The van der Waals surface area contributed by atoms with Crippen molar-refractivity contribution in [3.05, 3.63) is 18.2 Å². The highest BCUT2D eigenvalue weighted by Crippen LogP contribution is 2.35. The number of guanidine groups is 1. The molecule has 0 unspecified atom stereocenters. The second-order valence-electron chi connectivity index (χ2n) is 7.28. The summed E-state index contributed by atoms with van der Waals surface area (Å²) in [5.74, 6) is 1.78. The molecule has 1 aromatic carbocycles. The minimum Gasteiger partial charge on any atom is -0.493 e. The molecule has 0 amide bonds. The molecule has 2 aliphatic rings. The number of hydrogen-bond donors (Lipinski definition) is 2. The molecule has 1 saturated carbocycles. The maximum Gasteiger partial charge on any atom is 0.193 e. The van der Waals surface area contributed by atoms with Gasteiger partial charge in [-0.1, -0.05) is 19.3 Å². The molecule has 3 N–H and O–H groups in total. The third kappa shape index (κ3) is 4.84. The fraction of sp³-hybridized carbons (Fsp3) is 0.650. The zero-order valence-electron chi connectivity index (χ0n) is 16.5. The van der Waals surface area contributed by atoms with Crippen LogP contribution in [-0.2, 0) is 4.74 Å². The molecule has 2 fully saturated rings. The highest BCUT2D eigenvalue weighted by Gasteiger charge is 2.38. The molecule has 1 aliphatic carbocycles. The fourth-order valence-corrected chi connectivity index (χ4v) is 4.16. The van der Waals surface area contributed by atoms with E-state index in [0.717, 1.165) is 38.5 Å². The van der Waals surface area contributed by atoms with E-state index >= 15 is 0 Å². The van der Waals surface area contributed by atoms with E-state index in [1.165, 1.54) is 32.1 Å². The van der Waals surface area contributed by atoms with E-state index in [9.17, 15) is 0 Å². The number of nitrogens with one attached hydrogen (secondary N) is 1. The van der Waals surface area contributed by atoms with Gasteiger partial charge in [-0.05, 0) is 25.0 Å². The Hall–Kier alpha value is -1.99. The van der Waals surface area contributed by atoms with Crippen LogP contribution in [-0.4, -0.2) is 63.5 Å². The van der Waals surface area contributed by atoms with Gasteiger partial charge in [0.25, 0.3) is 0 Å². The van der Waals surface area contributed by atoms with E-state index in [1.807, 2.05) is 18.2 Å². The predicted molar refractivity (Wildman–Crippen MR) is 108 cm³/mol. The van der Waals surface area contributed by atoms with Crippen LogP contribution in [0.25, 0.3) is 0 Å². The van der Waals surface area contributed by atoms with Crippen molar-refractivity contribution in [2.24, 2.45) is 10.7 Å². The van der Waals surface area contributed by atoms with Gasteiger partial charge >= 0.3 is 0 Å². The summed E-state index contributed by atoms with van der Waals surface area (Å²) in [4.78, 5) is 7.29. The number of rotatable bonds is 6. The number of ether oxygens (including phenoxy) is 3. The molecule has 150 valence electrons. The predicted octanol–water partition coefficient (Wildman–Crippen LogP) is 2.47. The van der Waals surface area contributed by atoms with Crippen molar-refractivity contribution in [2.45, 2.75) is 37.6 Å². The third-order valence-corrected chi connectivity index (χ3v) is 5.67. The van der Waals surface area contributed by atoms with Gasteiger partial charge in [0.1, 0.15) is 0 Å². The Morgan fingerprint density at radius 1 is 1.15 bits per heavy atom. The molecule has 7 nitrogen and oxygen atoms in total. The van der Waals surface area contributed by atoms with Crippen LogP contribution >= 0.6 is 0 Å². The number of aliphatic imine (C=N–C) groups is 1. The van der Waals surface area contributed by atoms with E-state index in [4.69, 9.17) is 24.9 Å². The molecular weight excluding hydrogens is 344 g/mol. The summed E-state index contributed by atoms with van der Waals surface area (Å²) in [6.07, 6.45) is 6.20. The Labute approximate surface area is 161 Å². The van der Waals surface area contributed by atoms with Crippen LogP contribution in [0.5, 0.6) is 11.5 Å². The minimum atomic E-state index is 0.117. The summed E-state index contributed by atoms with van der Waals surface area (Å²) in [5, 5.41) is 3.18. The molecule has 7 heteroatoms. The Morgan fingerprint density at radius 3 is 2.52 bits per heavy atom. The van der Waals surface area contributed by atoms with Crippen LogP contribution in [0.15, 0.2) is 23.2 Å². The first-order valence-electron chi connectivity index (χ1n) is 9.79. The highest BCUT2D eigenvalue weighted by molar-refractivity contribution is 5.92. The number of methoxy groups -OCH3 is 2. The quantitative estimate of drug-likeness (QED) is 0.586. The van der Waals surface area contributed by atoms with Crippen LogP contribution in [0.1, 0.15) is 32.1 Å². The van der Waals surface area contributed by atoms with Crippen molar-refractivity contribution >= 4 is 11.6 Å². The second kappa shape index (κ2) is 9.28. The zero-order chi connectivity index (χ0) is 19.1. The summed E-state index contributed by atoms with van der Waals surface area (Å²) < 4.78 is 16.2. The SMILES string of the molecule is COc1ccc(NC(N)=NCC2(N3CCOCC3)CCCCC2)cc1OC. The standard InChI is InChI=1S/C20H32N4O3/c1-25-17-7-6-16(14-18(17)26-2)23-19(21)22-15-20(8-4-3-5-9-20)24-10-12-27-13-11-24/h6-7,14H,3-5,8-13,15H2,1-2H3,(H3,21,22,23). The van der Waals surface area contributed by atoms with E-state index in [-0.39, 0.29) is 5.54 Å². The summed E-state index contributed by atoms with van der Waals surface area (Å²) in [5.41, 5.74) is 7.15. The highest BCUT2D eigenvalue weighted by atomic mass is 16.5. The third-order valence-electron chi connectivity index (χ3n) is 5.67. The molecule has 0 radical (unpaired) electrons. The van der Waals surface area contributed by atoms with Crippen molar-refractivity contribution in [2.75, 3.05) is 52.4 Å². The number of nitrogens with two attached hydrogens (primary N) is 1. The molecule has 1 heterocycles. The smallest absolute Gasteiger partial charge is 0.193 e. The van der Waals surface area contributed by atoms with Gasteiger partial charge in [0.2, 0.25) is 0 Å². The maximum absolute atomic E-state index is 6.20. The topological polar surface area (TPSA) is 81.3 Å². The van der Waals surface area contributed by atoms with Gasteiger partial charge < -0.3 is 25.3 Å². The van der Waals surface area contributed by atoms with E-state index in [2.05, 4.69) is 10.2 Å². The molecule has 3 rings (SSSR count). The van der Waals surface area contributed by atoms with Gasteiger partial charge in [0, 0.05) is 30.4 Å². The van der Waals surface area contributed by atoms with Crippen molar-refractivity contribution in [1.82, 2.24) is 4.90 Å². The number of benzene rings is 1. The average molecular weight is 377 g/mol. The molecule has 1 aromatic rings. The Balaban J connectivity index is 1.68. The Bertz CT molecular complexity index is 638. The first-order valence-corrected chi connectivity index (χ1v) is 9.79. The lowest BCUT2D eigenvalue weighted by atomic mass is 9.80. The van der Waals surface area contributed by atoms with Crippen molar-refractivity contribution in [3.63, 3.8) is 0 Å². The minimum absolute atomic E-state index is 0.117. The Morgan fingerprint density at radius 2 is 1.85 bits per heavy atom.